The van der Waals surface area contributed by atoms with E-state index in [1.54, 1.807) is 31.1 Å². The summed E-state index contributed by atoms with van der Waals surface area (Å²) in [5.41, 5.74) is -2.44. The molecule has 1 amide bonds. The summed E-state index contributed by atoms with van der Waals surface area (Å²) in [7, 11) is 4.97. The fraction of sp³-hybridized carbons (Fsp3) is 0.417. The lowest BCUT2D eigenvalue weighted by atomic mass is 9.97. The van der Waals surface area contributed by atoms with E-state index in [2.05, 4.69) is 4.99 Å². The van der Waals surface area contributed by atoms with Gasteiger partial charge in [0.1, 0.15) is 6.61 Å². The first-order valence-corrected chi connectivity index (χ1v) is 11.6. The molecule has 2 aromatic carbocycles. The molecule has 0 aliphatic carbocycles. The molecule has 0 saturated heterocycles. The van der Waals surface area contributed by atoms with Crippen LogP contribution in [0.2, 0.25) is 0 Å². The minimum atomic E-state index is -4.99. The highest BCUT2D eigenvalue weighted by molar-refractivity contribution is 8.15. The number of carbonyl (C=O) groups excluding carboxylic acids is 1. The third-order valence-corrected chi connectivity index (χ3v) is 7.08. The van der Waals surface area contributed by atoms with Crippen LogP contribution in [0.25, 0.3) is 0 Å². The number of amides is 1. The van der Waals surface area contributed by atoms with Crippen LogP contribution in [-0.4, -0.2) is 42.4 Å². The lowest BCUT2D eigenvalue weighted by Gasteiger charge is -2.19. The Kier molecular flexibility index (Phi) is 8.17. The van der Waals surface area contributed by atoms with Crippen LogP contribution in [0.4, 0.5) is 26.3 Å². The molecule has 5 nitrogen and oxygen atoms in total. The molecule has 3 rings (SSSR count). The zero-order chi connectivity index (χ0) is 26.8. The number of ether oxygens (including phenoxy) is 2. The Morgan fingerprint density at radius 2 is 1.72 bits per heavy atom. The number of aliphatic imine (C=N–C) groups is 1. The minimum Gasteiger partial charge on any atom is -0.493 e. The summed E-state index contributed by atoms with van der Waals surface area (Å²) in [4.78, 5) is 18.1. The number of hydrogen-bond donors (Lipinski definition) is 0. The topological polar surface area (TPSA) is 51.1 Å². The summed E-state index contributed by atoms with van der Waals surface area (Å²) in [6.07, 6.45) is -9.39. The molecule has 0 fully saturated rings. The molecule has 12 heteroatoms. The molecule has 0 aromatic heterocycles. The normalized spacial score (nSPS) is 17.1. The number of halogens is 6. The highest BCUT2D eigenvalue weighted by Crippen LogP contribution is 2.39. The number of carbonyl (C=O) groups is 1. The average Bonchev–Trinajstić information content (AvgIpc) is 3.18. The molecule has 2 aromatic rings. The Morgan fingerprint density at radius 1 is 1.03 bits per heavy atom. The van der Waals surface area contributed by atoms with Gasteiger partial charge in [0.05, 0.1) is 23.5 Å². The van der Waals surface area contributed by atoms with E-state index < -0.39 is 35.6 Å². The number of rotatable bonds is 7. The van der Waals surface area contributed by atoms with E-state index in [-0.39, 0.29) is 34.6 Å². The van der Waals surface area contributed by atoms with Crippen LogP contribution in [0.3, 0.4) is 0 Å². The van der Waals surface area contributed by atoms with Gasteiger partial charge < -0.3 is 14.4 Å². The summed E-state index contributed by atoms with van der Waals surface area (Å²) in [6.45, 7) is 1.31. The Morgan fingerprint density at radius 3 is 2.28 bits per heavy atom. The molecule has 0 spiro atoms. The van der Waals surface area contributed by atoms with Gasteiger partial charge >= 0.3 is 12.4 Å². The summed E-state index contributed by atoms with van der Waals surface area (Å²) in [6, 6.07) is 6.29. The minimum absolute atomic E-state index is 0.0679. The molecular formula is C24H24F6N2O3S. The predicted molar refractivity (Wildman–Crippen MR) is 124 cm³/mol. The number of alkyl halides is 6. The van der Waals surface area contributed by atoms with Gasteiger partial charge in [0.25, 0.3) is 5.91 Å². The third kappa shape index (κ3) is 6.45. The zero-order valence-corrected chi connectivity index (χ0v) is 20.6. The van der Waals surface area contributed by atoms with Crippen molar-refractivity contribution in [2.45, 2.75) is 37.6 Å². The number of nitrogens with zero attached hydrogens (tertiary/aromatic N) is 2. The Balaban J connectivity index is 1.74. The standard InChI is InChI=1S/C24H24F6N2O3S/c1-13(20-21(33)31-22(36-20)32(2)3)9-14-5-8-18(19(10-14)34-4)35-12-15-6-7-16(23(25,26)27)11-17(15)24(28,29)30/h5-8,10-11,13,20H,9,12H2,1-4H3. The largest absolute Gasteiger partial charge is 0.493 e. The molecule has 36 heavy (non-hydrogen) atoms. The van der Waals surface area contributed by atoms with E-state index in [1.165, 1.54) is 24.9 Å². The van der Waals surface area contributed by atoms with E-state index in [9.17, 15) is 31.1 Å². The maximum Gasteiger partial charge on any atom is 0.416 e. The first-order chi connectivity index (χ1) is 16.7. The van der Waals surface area contributed by atoms with Gasteiger partial charge in [0.2, 0.25) is 0 Å². The Hall–Kier alpha value is -2.89. The van der Waals surface area contributed by atoms with E-state index in [0.717, 1.165) is 11.6 Å². The van der Waals surface area contributed by atoms with Crippen molar-refractivity contribution < 1.29 is 40.6 Å². The number of hydrogen-bond acceptors (Lipinski definition) is 5. The van der Waals surface area contributed by atoms with Crippen LogP contribution >= 0.6 is 11.8 Å². The summed E-state index contributed by atoms with van der Waals surface area (Å²) >= 11 is 1.39. The quantitative estimate of drug-likeness (QED) is 0.405. The van der Waals surface area contributed by atoms with E-state index in [4.69, 9.17) is 9.47 Å². The van der Waals surface area contributed by atoms with E-state index in [0.29, 0.717) is 17.7 Å². The number of benzene rings is 2. The van der Waals surface area contributed by atoms with Gasteiger partial charge in [-0.2, -0.15) is 31.3 Å². The van der Waals surface area contributed by atoms with Crippen molar-refractivity contribution in [2.24, 2.45) is 10.9 Å². The van der Waals surface area contributed by atoms with E-state index >= 15 is 0 Å². The molecular weight excluding hydrogens is 510 g/mol. The second-order valence-electron chi connectivity index (χ2n) is 8.49. The SMILES string of the molecule is COc1cc(CC(C)C2SC(N(C)C)=NC2=O)ccc1OCc1ccc(C(F)(F)F)cc1C(F)(F)F. The van der Waals surface area contributed by atoms with Gasteiger partial charge in [-0.15, -0.1) is 0 Å². The molecule has 1 aliphatic heterocycles. The monoisotopic (exact) mass is 534 g/mol. The Bertz CT molecular complexity index is 1150. The van der Waals surface area contributed by atoms with Crippen LogP contribution < -0.4 is 9.47 Å². The Labute approximate surface area is 208 Å². The first kappa shape index (κ1) is 27.7. The summed E-state index contributed by atoms with van der Waals surface area (Å²) in [5.74, 6) is 0.101. The number of methoxy groups -OCH3 is 1. The number of amidine groups is 1. The van der Waals surface area contributed by atoms with Crippen molar-refractivity contribution in [1.82, 2.24) is 4.90 Å². The molecule has 1 aliphatic rings. The van der Waals surface area contributed by atoms with Gasteiger partial charge in [-0.05, 0) is 42.2 Å². The molecule has 196 valence electrons. The number of thioether (sulfide) groups is 1. The fourth-order valence-electron chi connectivity index (χ4n) is 3.65. The van der Waals surface area contributed by atoms with Crippen molar-refractivity contribution in [1.29, 1.82) is 0 Å². The van der Waals surface area contributed by atoms with Gasteiger partial charge in [-0.25, -0.2) is 0 Å². The fourth-order valence-corrected chi connectivity index (χ4v) is 4.71. The molecule has 2 atom stereocenters. The average molecular weight is 535 g/mol. The van der Waals surface area contributed by atoms with Crippen LogP contribution in [0.15, 0.2) is 41.4 Å². The smallest absolute Gasteiger partial charge is 0.416 e. The van der Waals surface area contributed by atoms with Gasteiger partial charge in [-0.1, -0.05) is 30.8 Å². The summed E-state index contributed by atoms with van der Waals surface area (Å²) < 4.78 is 89.7. The summed E-state index contributed by atoms with van der Waals surface area (Å²) in [5, 5.41) is 0.296. The molecule has 0 radical (unpaired) electrons. The molecule has 0 saturated carbocycles. The van der Waals surface area contributed by atoms with Gasteiger partial charge in [0, 0.05) is 19.7 Å². The van der Waals surface area contributed by atoms with E-state index in [1.807, 2.05) is 6.92 Å². The van der Waals surface area contributed by atoms with Crippen LogP contribution in [-0.2, 0) is 30.2 Å². The van der Waals surface area contributed by atoms with Crippen LogP contribution in [0.1, 0.15) is 29.2 Å². The predicted octanol–water partition coefficient (Wildman–Crippen LogP) is 6.05. The maximum atomic E-state index is 13.4. The molecule has 0 bridgehead atoms. The van der Waals surface area contributed by atoms with Crippen molar-refractivity contribution >= 4 is 22.8 Å². The zero-order valence-electron chi connectivity index (χ0n) is 19.8. The lowest BCUT2D eigenvalue weighted by Crippen LogP contribution is -2.23. The van der Waals surface area contributed by atoms with Crippen molar-refractivity contribution in [3.05, 3.63) is 58.7 Å². The second-order valence-corrected chi connectivity index (χ2v) is 9.60. The second kappa shape index (κ2) is 10.6. The van der Waals surface area contributed by atoms with Gasteiger partial charge in [-0.3, -0.25) is 4.79 Å². The van der Waals surface area contributed by atoms with Crippen molar-refractivity contribution in [2.75, 3.05) is 21.2 Å². The highest BCUT2D eigenvalue weighted by atomic mass is 32.2. The molecule has 2 unspecified atom stereocenters. The third-order valence-electron chi connectivity index (χ3n) is 5.49. The van der Waals surface area contributed by atoms with Crippen molar-refractivity contribution in [3.8, 4) is 11.5 Å². The van der Waals surface area contributed by atoms with Crippen LogP contribution in [0.5, 0.6) is 11.5 Å². The lowest BCUT2D eigenvalue weighted by molar-refractivity contribution is -0.143. The highest BCUT2D eigenvalue weighted by Gasteiger charge is 2.38. The molecule has 1 heterocycles. The van der Waals surface area contributed by atoms with Gasteiger partial charge in [0.15, 0.2) is 16.7 Å². The van der Waals surface area contributed by atoms with Crippen LogP contribution in [0, 0.1) is 5.92 Å². The first-order valence-electron chi connectivity index (χ1n) is 10.7. The molecule has 0 N–H and O–H groups in total. The van der Waals surface area contributed by atoms with Crippen molar-refractivity contribution in [3.63, 3.8) is 0 Å². The maximum absolute atomic E-state index is 13.4.